The zero-order valence-electron chi connectivity index (χ0n) is 11.5. The smallest absolute Gasteiger partial charge is 0.249 e. The molecule has 0 N–H and O–H groups in total. The zero-order chi connectivity index (χ0) is 14.7. The molecule has 0 saturated heterocycles. The zero-order valence-corrected chi connectivity index (χ0v) is 12.3. The fourth-order valence-corrected chi connectivity index (χ4v) is 2.37. The van der Waals surface area contributed by atoms with Gasteiger partial charge in [0.2, 0.25) is 11.7 Å². The fraction of sp³-hybridized carbons (Fsp3) is 0.188. The van der Waals surface area contributed by atoms with Crippen molar-refractivity contribution in [2.45, 2.75) is 18.7 Å². The van der Waals surface area contributed by atoms with Crippen LogP contribution in [0.15, 0.2) is 53.3 Å². The van der Waals surface area contributed by atoms with Crippen molar-refractivity contribution in [2.75, 3.05) is 0 Å². The predicted molar refractivity (Wildman–Crippen MR) is 81.0 cm³/mol. The van der Waals surface area contributed by atoms with Gasteiger partial charge in [-0.2, -0.15) is 4.98 Å². The number of aryl methyl sites for hydroxylation is 1. The van der Waals surface area contributed by atoms with E-state index in [1.165, 1.54) is 0 Å². The Morgan fingerprint density at radius 1 is 1.19 bits per heavy atom. The lowest BCUT2D eigenvalue weighted by molar-refractivity contribution is 0.383. The molecule has 1 unspecified atom stereocenters. The van der Waals surface area contributed by atoms with Crippen LogP contribution < -0.4 is 0 Å². The van der Waals surface area contributed by atoms with Crippen molar-refractivity contribution >= 4 is 11.6 Å². The molecule has 0 aliphatic carbocycles. The number of pyridine rings is 1. The van der Waals surface area contributed by atoms with E-state index >= 15 is 0 Å². The molecule has 2 aromatic heterocycles. The van der Waals surface area contributed by atoms with Crippen LogP contribution >= 0.6 is 11.6 Å². The molecule has 1 aromatic carbocycles. The Kier molecular flexibility index (Phi) is 3.97. The average Bonchev–Trinajstić information content (AvgIpc) is 3.04. The molecule has 0 spiro atoms. The van der Waals surface area contributed by atoms with Crippen LogP contribution in [0.25, 0.3) is 11.4 Å². The molecular weight excluding hydrogens is 286 g/mol. The monoisotopic (exact) mass is 299 g/mol. The Bertz CT molecular complexity index is 727. The minimum atomic E-state index is -0.445. The first-order valence-corrected chi connectivity index (χ1v) is 7.19. The Morgan fingerprint density at radius 3 is 2.76 bits per heavy atom. The number of alkyl halides is 1. The van der Waals surface area contributed by atoms with Gasteiger partial charge in [0, 0.05) is 18.0 Å². The highest BCUT2D eigenvalue weighted by Gasteiger charge is 2.19. The fourth-order valence-electron chi connectivity index (χ4n) is 2.14. The molecule has 5 heteroatoms. The lowest BCUT2D eigenvalue weighted by Crippen LogP contribution is -1.94. The molecule has 0 amide bonds. The highest BCUT2D eigenvalue weighted by Crippen LogP contribution is 2.29. The number of nitrogens with zero attached hydrogens (tertiary/aromatic N) is 3. The molecule has 0 aliphatic heterocycles. The maximum Gasteiger partial charge on any atom is 0.249 e. The van der Waals surface area contributed by atoms with Gasteiger partial charge in [-0.25, -0.2) is 0 Å². The normalized spacial score (nSPS) is 12.3. The molecular formula is C16H14ClN3O. The molecule has 1 atom stereocenters. The van der Waals surface area contributed by atoms with E-state index in [9.17, 15) is 0 Å². The van der Waals surface area contributed by atoms with Crippen LogP contribution in [0.2, 0.25) is 0 Å². The van der Waals surface area contributed by atoms with E-state index in [0.717, 1.165) is 23.1 Å². The summed E-state index contributed by atoms with van der Waals surface area (Å²) in [6, 6.07) is 11.6. The second-order valence-electron chi connectivity index (χ2n) is 4.62. The van der Waals surface area contributed by atoms with Gasteiger partial charge in [0.1, 0.15) is 5.38 Å². The van der Waals surface area contributed by atoms with E-state index in [1.807, 2.05) is 42.6 Å². The van der Waals surface area contributed by atoms with Gasteiger partial charge in [-0.3, -0.25) is 4.98 Å². The molecule has 21 heavy (non-hydrogen) atoms. The summed E-state index contributed by atoms with van der Waals surface area (Å²) in [5.41, 5.74) is 2.94. The molecule has 0 saturated carbocycles. The number of aromatic nitrogens is 3. The van der Waals surface area contributed by atoms with Crippen LogP contribution in [0, 0.1) is 0 Å². The van der Waals surface area contributed by atoms with Gasteiger partial charge < -0.3 is 4.52 Å². The van der Waals surface area contributed by atoms with Gasteiger partial charge in [0.15, 0.2) is 0 Å². The first-order valence-electron chi connectivity index (χ1n) is 6.75. The molecule has 2 heterocycles. The van der Waals surface area contributed by atoms with Gasteiger partial charge in [0.05, 0.1) is 0 Å². The van der Waals surface area contributed by atoms with E-state index in [-0.39, 0.29) is 0 Å². The molecule has 3 rings (SSSR count). The first kappa shape index (κ1) is 13.8. The van der Waals surface area contributed by atoms with Crippen molar-refractivity contribution < 1.29 is 4.52 Å². The van der Waals surface area contributed by atoms with Gasteiger partial charge in [-0.05, 0) is 23.6 Å². The van der Waals surface area contributed by atoms with Crippen molar-refractivity contribution in [1.29, 1.82) is 0 Å². The van der Waals surface area contributed by atoms with Crippen LogP contribution in [-0.2, 0) is 6.42 Å². The summed E-state index contributed by atoms with van der Waals surface area (Å²) in [7, 11) is 0. The van der Waals surface area contributed by atoms with Gasteiger partial charge in [-0.15, -0.1) is 11.6 Å². The lowest BCUT2D eigenvalue weighted by atomic mass is 10.1. The third-order valence-electron chi connectivity index (χ3n) is 3.28. The average molecular weight is 300 g/mol. The standard InChI is InChI=1S/C16H14ClN3O/c1-2-11-10-18-9-8-13(11)15-19-16(21-20-15)14(17)12-6-4-3-5-7-12/h3-10,14H,2H2,1H3. The van der Waals surface area contributed by atoms with Crippen LogP contribution in [0.3, 0.4) is 0 Å². The topological polar surface area (TPSA) is 51.8 Å². The summed E-state index contributed by atoms with van der Waals surface area (Å²) in [4.78, 5) is 8.55. The van der Waals surface area contributed by atoms with E-state index < -0.39 is 5.38 Å². The quantitative estimate of drug-likeness (QED) is 0.683. The summed E-state index contributed by atoms with van der Waals surface area (Å²) in [6.45, 7) is 2.07. The number of rotatable bonds is 4. The van der Waals surface area contributed by atoms with Gasteiger partial charge in [0.25, 0.3) is 0 Å². The molecule has 0 aliphatic rings. The van der Waals surface area contributed by atoms with E-state index in [2.05, 4.69) is 22.0 Å². The van der Waals surface area contributed by atoms with E-state index in [1.54, 1.807) is 6.20 Å². The van der Waals surface area contributed by atoms with Gasteiger partial charge in [-0.1, -0.05) is 42.4 Å². The van der Waals surface area contributed by atoms with Crippen LogP contribution in [0.5, 0.6) is 0 Å². The summed E-state index contributed by atoms with van der Waals surface area (Å²) in [5, 5.41) is 3.60. The molecule has 0 radical (unpaired) electrons. The lowest BCUT2D eigenvalue weighted by Gasteiger charge is -2.03. The maximum atomic E-state index is 6.40. The number of hydrogen-bond acceptors (Lipinski definition) is 4. The Labute approximate surface area is 127 Å². The molecule has 4 nitrogen and oxygen atoms in total. The van der Waals surface area contributed by atoms with E-state index in [4.69, 9.17) is 16.1 Å². The van der Waals surface area contributed by atoms with Crippen LogP contribution in [0.1, 0.15) is 29.3 Å². The van der Waals surface area contributed by atoms with Crippen molar-refractivity contribution in [3.63, 3.8) is 0 Å². The van der Waals surface area contributed by atoms with E-state index in [0.29, 0.717) is 11.7 Å². The SMILES string of the molecule is CCc1cnccc1-c1noc(C(Cl)c2ccccc2)n1. The third kappa shape index (κ3) is 2.81. The van der Waals surface area contributed by atoms with Crippen molar-refractivity contribution in [3.8, 4) is 11.4 Å². The Hall–Kier alpha value is -2.20. The Morgan fingerprint density at radius 2 is 2.00 bits per heavy atom. The van der Waals surface area contributed by atoms with Crippen molar-refractivity contribution in [1.82, 2.24) is 15.1 Å². The summed E-state index contributed by atoms with van der Waals surface area (Å²) in [6.07, 6.45) is 4.40. The largest absolute Gasteiger partial charge is 0.337 e. The molecule has 3 aromatic rings. The number of halogens is 1. The molecule has 106 valence electrons. The third-order valence-corrected chi connectivity index (χ3v) is 3.71. The van der Waals surface area contributed by atoms with Crippen LogP contribution in [-0.4, -0.2) is 15.1 Å². The second-order valence-corrected chi connectivity index (χ2v) is 5.05. The Balaban J connectivity index is 1.93. The van der Waals surface area contributed by atoms with Crippen molar-refractivity contribution in [2.24, 2.45) is 0 Å². The number of benzene rings is 1. The minimum Gasteiger partial charge on any atom is -0.337 e. The van der Waals surface area contributed by atoms with Gasteiger partial charge >= 0.3 is 0 Å². The van der Waals surface area contributed by atoms with Crippen LogP contribution in [0.4, 0.5) is 0 Å². The predicted octanol–water partition coefficient (Wildman–Crippen LogP) is 4.02. The summed E-state index contributed by atoms with van der Waals surface area (Å²) >= 11 is 6.40. The second kappa shape index (κ2) is 6.06. The summed E-state index contributed by atoms with van der Waals surface area (Å²) < 4.78 is 5.32. The number of hydrogen-bond donors (Lipinski definition) is 0. The highest BCUT2D eigenvalue weighted by molar-refractivity contribution is 6.22. The van der Waals surface area contributed by atoms with Crippen molar-refractivity contribution in [3.05, 3.63) is 65.8 Å². The molecule has 0 bridgehead atoms. The first-order chi connectivity index (χ1) is 10.3. The highest BCUT2D eigenvalue weighted by atomic mass is 35.5. The maximum absolute atomic E-state index is 6.40. The minimum absolute atomic E-state index is 0.400. The molecule has 0 fully saturated rings. The summed E-state index contributed by atoms with van der Waals surface area (Å²) in [5.74, 6) is 0.947.